The van der Waals surface area contributed by atoms with Gasteiger partial charge in [-0.15, -0.1) is 0 Å². The van der Waals surface area contributed by atoms with Crippen LogP contribution in [0.15, 0.2) is 42.6 Å². The van der Waals surface area contributed by atoms with E-state index < -0.39 is 5.91 Å². The monoisotopic (exact) mass is 244 g/mol. The molecule has 0 atom stereocenters. The number of ether oxygens (including phenoxy) is 1. The first-order chi connectivity index (χ1) is 8.70. The van der Waals surface area contributed by atoms with Gasteiger partial charge in [0.25, 0.3) is 5.91 Å². The second-order valence-electron chi connectivity index (χ2n) is 3.56. The molecule has 0 saturated carbocycles. The SMILES string of the molecule is COc1cccc(NC(=O)c2ncccc2O)c1. The molecule has 5 nitrogen and oxygen atoms in total. The molecule has 0 saturated heterocycles. The number of aromatic hydroxyl groups is 1. The highest BCUT2D eigenvalue weighted by molar-refractivity contribution is 6.04. The largest absolute Gasteiger partial charge is 0.505 e. The highest BCUT2D eigenvalue weighted by Crippen LogP contribution is 2.19. The normalized spacial score (nSPS) is 9.83. The minimum atomic E-state index is -0.471. The number of carbonyl (C=O) groups is 1. The molecule has 1 aromatic heterocycles. The summed E-state index contributed by atoms with van der Waals surface area (Å²) in [5.41, 5.74) is 0.560. The van der Waals surface area contributed by atoms with Crippen LogP contribution in [0.25, 0.3) is 0 Å². The fraction of sp³-hybridized carbons (Fsp3) is 0.0769. The van der Waals surface area contributed by atoms with Crippen molar-refractivity contribution in [1.29, 1.82) is 0 Å². The summed E-state index contributed by atoms with van der Waals surface area (Å²) < 4.78 is 5.05. The summed E-state index contributed by atoms with van der Waals surface area (Å²) in [6.45, 7) is 0. The zero-order valence-corrected chi connectivity index (χ0v) is 9.75. The molecular formula is C13H12N2O3. The lowest BCUT2D eigenvalue weighted by atomic mass is 10.2. The lowest BCUT2D eigenvalue weighted by Gasteiger charge is -2.07. The number of rotatable bonds is 3. The minimum Gasteiger partial charge on any atom is -0.505 e. The Morgan fingerprint density at radius 1 is 1.33 bits per heavy atom. The number of carbonyl (C=O) groups excluding carboxylic acids is 1. The molecule has 0 bridgehead atoms. The van der Waals surface area contributed by atoms with Crippen molar-refractivity contribution in [2.45, 2.75) is 0 Å². The van der Waals surface area contributed by atoms with E-state index in [1.54, 1.807) is 37.4 Å². The van der Waals surface area contributed by atoms with E-state index in [9.17, 15) is 9.90 Å². The average molecular weight is 244 g/mol. The summed E-state index contributed by atoms with van der Waals surface area (Å²) in [7, 11) is 1.55. The van der Waals surface area contributed by atoms with Gasteiger partial charge in [0.1, 0.15) is 11.5 Å². The molecule has 2 rings (SSSR count). The molecule has 1 aromatic carbocycles. The maximum Gasteiger partial charge on any atom is 0.278 e. The number of methoxy groups -OCH3 is 1. The number of anilines is 1. The Labute approximate surface area is 104 Å². The molecule has 1 amide bonds. The first-order valence-electron chi connectivity index (χ1n) is 5.30. The number of aromatic nitrogens is 1. The molecule has 0 radical (unpaired) electrons. The van der Waals surface area contributed by atoms with E-state index in [1.165, 1.54) is 12.3 Å². The number of amides is 1. The maximum atomic E-state index is 11.9. The molecule has 2 aromatic rings. The average Bonchev–Trinajstić information content (AvgIpc) is 2.39. The van der Waals surface area contributed by atoms with Gasteiger partial charge < -0.3 is 15.2 Å². The topological polar surface area (TPSA) is 71.5 Å². The Hall–Kier alpha value is -2.56. The predicted molar refractivity (Wildman–Crippen MR) is 66.8 cm³/mol. The third-order valence-corrected chi connectivity index (χ3v) is 2.33. The molecule has 1 heterocycles. The summed E-state index contributed by atoms with van der Waals surface area (Å²) in [5, 5.41) is 12.1. The third kappa shape index (κ3) is 2.57. The molecule has 18 heavy (non-hydrogen) atoms. The van der Waals surface area contributed by atoms with Crippen LogP contribution in [-0.4, -0.2) is 23.1 Å². The van der Waals surface area contributed by atoms with Crippen molar-refractivity contribution in [1.82, 2.24) is 4.98 Å². The van der Waals surface area contributed by atoms with Crippen LogP contribution in [0.1, 0.15) is 10.5 Å². The van der Waals surface area contributed by atoms with Gasteiger partial charge in [0.05, 0.1) is 7.11 Å². The zero-order chi connectivity index (χ0) is 13.0. The number of hydrogen-bond acceptors (Lipinski definition) is 4. The van der Waals surface area contributed by atoms with Crippen LogP contribution in [0.2, 0.25) is 0 Å². The molecule has 0 unspecified atom stereocenters. The maximum absolute atomic E-state index is 11.9. The van der Waals surface area contributed by atoms with Crippen molar-refractivity contribution in [3.8, 4) is 11.5 Å². The first-order valence-corrected chi connectivity index (χ1v) is 5.30. The van der Waals surface area contributed by atoms with Crippen LogP contribution in [0.5, 0.6) is 11.5 Å². The van der Waals surface area contributed by atoms with E-state index in [2.05, 4.69) is 10.3 Å². The van der Waals surface area contributed by atoms with E-state index in [4.69, 9.17) is 4.74 Å². The summed E-state index contributed by atoms with van der Waals surface area (Å²) in [5.74, 6) is 0.0114. The van der Waals surface area contributed by atoms with E-state index in [0.29, 0.717) is 11.4 Å². The fourth-order valence-corrected chi connectivity index (χ4v) is 1.46. The Balaban J connectivity index is 2.19. The predicted octanol–water partition coefficient (Wildman–Crippen LogP) is 2.05. The van der Waals surface area contributed by atoms with Gasteiger partial charge in [0.2, 0.25) is 0 Å². The molecule has 0 aliphatic heterocycles. The van der Waals surface area contributed by atoms with Gasteiger partial charge in [-0.2, -0.15) is 0 Å². The van der Waals surface area contributed by atoms with Gasteiger partial charge in [-0.1, -0.05) is 6.07 Å². The van der Waals surface area contributed by atoms with Crippen molar-refractivity contribution in [3.05, 3.63) is 48.3 Å². The van der Waals surface area contributed by atoms with Gasteiger partial charge in [0, 0.05) is 18.0 Å². The summed E-state index contributed by atoms with van der Waals surface area (Å²) in [4.78, 5) is 15.7. The van der Waals surface area contributed by atoms with Crippen LogP contribution in [0, 0.1) is 0 Å². The van der Waals surface area contributed by atoms with Crippen molar-refractivity contribution in [2.75, 3.05) is 12.4 Å². The van der Waals surface area contributed by atoms with Gasteiger partial charge in [0.15, 0.2) is 5.69 Å². The Morgan fingerprint density at radius 2 is 2.17 bits per heavy atom. The standard InChI is InChI=1S/C13H12N2O3/c1-18-10-5-2-4-9(8-10)15-13(17)12-11(16)6-3-7-14-12/h2-8,16H,1H3,(H,15,17). The van der Waals surface area contributed by atoms with Gasteiger partial charge >= 0.3 is 0 Å². The number of nitrogens with one attached hydrogen (secondary N) is 1. The molecular weight excluding hydrogens is 232 g/mol. The quantitative estimate of drug-likeness (QED) is 0.866. The van der Waals surface area contributed by atoms with Crippen molar-refractivity contribution >= 4 is 11.6 Å². The highest BCUT2D eigenvalue weighted by atomic mass is 16.5. The minimum absolute atomic E-state index is 0.0136. The van der Waals surface area contributed by atoms with Crippen LogP contribution in [0.4, 0.5) is 5.69 Å². The van der Waals surface area contributed by atoms with E-state index in [-0.39, 0.29) is 11.4 Å². The molecule has 5 heteroatoms. The van der Waals surface area contributed by atoms with Crippen LogP contribution >= 0.6 is 0 Å². The Kier molecular flexibility index (Phi) is 3.43. The van der Waals surface area contributed by atoms with Crippen molar-refractivity contribution in [2.24, 2.45) is 0 Å². The molecule has 0 spiro atoms. The van der Waals surface area contributed by atoms with Crippen LogP contribution in [-0.2, 0) is 0 Å². The smallest absolute Gasteiger partial charge is 0.278 e. The lowest BCUT2D eigenvalue weighted by Crippen LogP contribution is -2.13. The molecule has 0 aliphatic carbocycles. The highest BCUT2D eigenvalue weighted by Gasteiger charge is 2.12. The first kappa shape index (κ1) is 11.9. The Bertz CT molecular complexity index is 570. The van der Waals surface area contributed by atoms with E-state index >= 15 is 0 Å². The van der Waals surface area contributed by atoms with Crippen LogP contribution in [0.3, 0.4) is 0 Å². The van der Waals surface area contributed by atoms with Gasteiger partial charge in [-0.05, 0) is 24.3 Å². The number of nitrogens with zero attached hydrogens (tertiary/aromatic N) is 1. The number of benzene rings is 1. The van der Waals surface area contributed by atoms with E-state index in [1.807, 2.05) is 0 Å². The molecule has 2 N–H and O–H groups in total. The van der Waals surface area contributed by atoms with Gasteiger partial charge in [-0.3, -0.25) is 4.79 Å². The molecule has 0 fully saturated rings. The third-order valence-electron chi connectivity index (χ3n) is 2.33. The van der Waals surface area contributed by atoms with Gasteiger partial charge in [-0.25, -0.2) is 4.98 Å². The summed E-state index contributed by atoms with van der Waals surface area (Å²) in [6, 6.07) is 9.89. The fourth-order valence-electron chi connectivity index (χ4n) is 1.46. The van der Waals surface area contributed by atoms with E-state index in [0.717, 1.165) is 0 Å². The summed E-state index contributed by atoms with van der Waals surface area (Å²) in [6.07, 6.45) is 1.44. The number of pyridine rings is 1. The zero-order valence-electron chi connectivity index (χ0n) is 9.75. The molecule has 92 valence electrons. The number of hydrogen-bond donors (Lipinski definition) is 2. The molecule has 0 aliphatic rings. The second kappa shape index (κ2) is 5.18. The van der Waals surface area contributed by atoms with Crippen LogP contribution < -0.4 is 10.1 Å². The van der Waals surface area contributed by atoms with Crippen molar-refractivity contribution < 1.29 is 14.6 Å². The lowest BCUT2D eigenvalue weighted by molar-refractivity contribution is 0.101. The van der Waals surface area contributed by atoms with Crippen molar-refractivity contribution in [3.63, 3.8) is 0 Å². The summed E-state index contributed by atoms with van der Waals surface area (Å²) >= 11 is 0. The Morgan fingerprint density at radius 3 is 2.89 bits per heavy atom. The second-order valence-corrected chi connectivity index (χ2v) is 3.56.